The third-order valence-corrected chi connectivity index (χ3v) is 4.45. The first-order valence-electron chi connectivity index (χ1n) is 7.63. The summed E-state index contributed by atoms with van der Waals surface area (Å²) >= 11 is 0.990. The van der Waals surface area contributed by atoms with Crippen LogP contribution in [0.25, 0.3) is 0 Å². The number of thiazole rings is 1. The highest BCUT2D eigenvalue weighted by Gasteiger charge is 2.33. The second-order valence-corrected chi connectivity index (χ2v) is 6.28. The number of nitrogens with one attached hydrogen (secondary N) is 2. The summed E-state index contributed by atoms with van der Waals surface area (Å²) in [5, 5.41) is 7.58. The summed E-state index contributed by atoms with van der Waals surface area (Å²) in [7, 11) is 1.64. The third-order valence-electron chi connectivity index (χ3n) is 3.60. The number of alkyl halides is 3. The Kier molecular flexibility index (Phi) is 6.44. The van der Waals surface area contributed by atoms with Gasteiger partial charge in [0.2, 0.25) is 0 Å². The molecule has 0 saturated carbocycles. The highest BCUT2D eigenvalue weighted by atomic mass is 32.1. The minimum absolute atomic E-state index is 0.225. The van der Waals surface area contributed by atoms with E-state index in [0.29, 0.717) is 11.0 Å². The molecule has 8 heteroatoms. The lowest BCUT2D eigenvalue weighted by Gasteiger charge is -2.14. The molecule has 0 unspecified atom stereocenters. The maximum absolute atomic E-state index is 12.5. The molecule has 1 heterocycles. The number of nitrogens with zero attached hydrogens (tertiary/aromatic N) is 2. The van der Waals surface area contributed by atoms with Crippen LogP contribution in [0.5, 0.6) is 0 Å². The molecular formula is C15H21F3N4S. The van der Waals surface area contributed by atoms with Gasteiger partial charge in [-0.3, -0.25) is 4.99 Å². The van der Waals surface area contributed by atoms with E-state index < -0.39 is 11.9 Å². The van der Waals surface area contributed by atoms with Gasteiger partial charge in [0.05, 0.1) is 6.54 Å². The number of allylic oxidation sites excluding steroid dienone is 1. The van der Waals surface area contributed by atoms with Crippen molar-refractivity contribution in [1.82, 2.24) is 15.6 Å². The van der Waals surface area contributed by atoms with Gasteiger partial charge in [0.1, 0.15) is 5.01 Å². The fraction of sp³-hybridized carbons (Fsp3) is 0.600. The van der Waals surface area contributed by atoms with Crippen LogP contribution in [0.4, 0.5) is 13.2 Å². The Morgan fingerprint density at radius 3 is 2.78 bits per heavy atom. The summed E-state index contributed by atoms with van der Waals surface area (Å²) in [5.41, 5.74) is 0.625. The van der Waals surface area contributed by atoms with E-state index in [-0.39, 0.29) is 6.54 Å². The van der Waals surface area contributed by atoms with Crippen LogP contribution < -0.4 is 10.6 Å². The maximum atomic E-state index is 12.5. The predicted octanol–water partition coefficient (Wildman–Crippen LogP) is 3.72. The summed E-state index contributed by atoms with van der Waals surface area (Å²) in [6, 6.07) is 0. The van der Waals surface area contributed by atoms with Crippen molar-refractivity contribution in [2.24, 2.45) is 4.99 Å². The number of hydrogen-bond acceptors (Lipinski definition) is 3. The molecule has 1 aromatic rings. The minimum Gasteiger partial charge on any atom is -0.356 e. The van der Waals surface area contributed by atoms with Crippen molar-refractivity contribution >= 4 is 17.3 Å². The van der Waals surface area contributed by atoms with Crippen molar-refractivity contribution in [3.8, 4) is 0 Å². The summed E-state index contributed by atoms with van der Waals surface area (Å²) < 4.78 is 37.5. The van der Waals surface area contributed by atoms with Gasteiger partial charge >= 0.3 is 6.18 Å². The van der Waals surface area contributed by atoms with Gasteiger partial charge in [-0.25, -0.2) is 4.98 Å². The van der Waals surface area contributed by atoms with Gasteiger partial charge in [0.25, 0.3) is 0 Å². The molecule has 128 valence electrons. The average molecular weight is 346 g/mol. The van der Waals surface area contributed by atoms with Gasteiger partial charge in [-0.15, -0.1) is 11.3 Å². The van der Waals surface area contributed by atoms with Crippen molar-refractivity contribution in [2.45, 2.75) is 44.8 Å². The second kappa shape index (κ2) is 8.33. The molecule has 4 nitrogen and oxygen atoms in total. The summed E-state index contributed by atoms with van der Waals surface area (Å²) in [4.78, 5) is 7.65. The van der Waals surface area contributed by atoms with Crippen molar-refractivity contribution in [3.63, 3.8) is 0 Å². The van der Waals surface area contributed by atoms with Crippen LogP contribution in [-0.4, -0.2) is 24.5 Å². The zero-order valence-electron chi connectivity index (χ0n) is 13.0. The second-order valence-electron chi connectivity index (χ2n) is 5.33. The topological polar surface area (TPSA) is 49.3 Å². The van der Waals surface area contributed by atoms with E-state index in [4.69, 9.17) is 0 Å². The van der Waals surface area contributed by atoms with Gasteiger partial charge in [-0.2, -0.15) is 13.2 Å². The molecule has 0 fully saturated rings. The fourth-order valence-corrected chi connectivity index (χ4v) is 3.12. The van der Waals surface area contributed by atoms with Crippen LogP contribution in [0.2, 0.25) is 0 Å². The zero-order valence-corrected chi connectivity index (χ0v) is 13.9. The van der Waals surface area contributed by atoms with Crippen LogP contribution in [0.15, 0.2) is 22.0 Å². The van der Waals surface area contributed by atoms with Crippen LogP contribution in [-0.2, 0) is 12.7 Å². The molecule has 0 radical (unpaired) electrons. The maximum Gasteiger partial charge on any atom is 0.434 e. The molecule has 0 aromatic carbocycles. The molecule has 0 aliphatic heterocycles. The fourth-order valence-electron chi connectivity index (χ4n) is 2.38. The van der Waals surface area contributed by atoms with Crippen LogP contribution in [0, 0.1) is 0 Å². The lowest BCUT2D eigenvalue weighted by molar-refractivity contribution is -0.140. The molecule has 0 bridgehead atoms. The Morgan fingerprint density at radius 2 is 2.17 bits per heavy atom. The van der Waals surface area contributed by atoms with E-state index in [9.17, 15) is 13.2 Å². The largest absolute Gasteiger partial charge is 0.434 e. The number of rotatable bonds is 5. The highest BCUT2D eigenvalue weighted by molar-refractivity contribution is 7.09. The summed E-state index contributed by atoms with van der Waals surface area (Å²) in [6.45, 7) is 0.986. The SMILES string of the molecule is CN=C(NCCC1=CCCCC1)NCc1nc(C(F)(F)F)cs1. The van der Waals surface area contributed by atoms with E-state index in [1.54, 1.807) is 7.05 Å². The van der Waals surface area contributed by atoms with E-state index in [0.717, 1.165) is 42.5 Å². The lowest BCUT2D eigenvalue weighted by atomic mass is 9.97. The Bertz CT molecular complexity index is 563. The molecule has 2 rings (SSSR count). The van der Waals surface area contributed by atoms with Crippen molar-refractivity contribution in [1.29, 1.82) is 0 Å². The molecule has 1 aliphatic rings. The van der Waals surface area contributed by atoms with Crippen LogP contribution in [0.1, 0.15) is 42.8 Å². The predicted molar refractivity (Wildman–Crippen MR) is 86.5 cm³/mol. The number of aliphatic imine (C=N–C) groups is 1. The normalized spacial score (nSPS) is 16.2. The van der Waals surface area contributed by atoms with Crippen molar-refractivity contribution in [3.05, 3.63) is 27.7 Å². The molecule has 0 atom stereocenters. The molecular weight excluding hydrogens is 325 g/mol. The Hall–Kier alpha value is -1.57. The number of guanidine groups is 1. The molecule has 23 heavy (non-hydrogen) atoms. The smallest absolute Gasteiger partial charge is 0.356 e. The quantitative estimate of drug-likeness (QED) is 0.485. The number of hydrogen-bond donors (Lipinski definition) is 2. The summed E-state index contributed by atoms with van der Waals surface area (Å²) in [5.74, 6) is 0.574. The average Bonchev–Trinajstić information content (AvgIpc) is 3.01. The van der Waals surface area contributed by atoms with E-state index in [1.807, 2.05) is 0 Å². The van der Waals surface area contributed by atoms with Crippen LogP contribution >= 0.6 is 11.3 Å². The number of aromatic nitrogens is 1. The van der Waals surface area contributed by atoms with Gasteiger partial charge in [-0.05, 0) is 32.1 Å². The first-order chi connectivity index (χ1) is 11.0. The Morgan fingerprint density at radius 1 is 1.35 bits per heavy atom. The van der Waals surface area contributed by atoms with Crippen molar-refractivity contribution in [2.75, 3.05) is 13.6 Å². The number of halogens is 3. The van der Waals surface area contributed by atoms with Gasteiger partial charge < -0.3 is 10.6 Å². The van der Waals surface area contributed by atoms with Gasteiger partial charge in [0, 0.05) is 19.0 Å². The first-order valence-corrected chi connectivity index (χ1v) is 8.51. The van der Waals surface area contributed by atoms with Crippen molar-refractivity contribution < 1.29 is 13.2 Å². The zero-order chi connectivity index (χ0) is 16.7. The Balaban J connectivity index is 1.74. The van der Waals surface area contributed by atoms with E-state index in [2.05, 4.69) is 26.7 Å². The first kappa shape index (κ1) is 17.8. The standard InChI is InChI=1S/C15H21F3N4S/c1-19-14(20-8-7-11-5-3-2-4-6-11)21-9-13-22-12(10-23-13)15(16,17)18/h5,10H,2-4,6-9H2,1H3,(H2,19,20,21). The molecule has 1 aliphatic carbocycles. The monoisotopic (exact) mass is 346 g/mol. The van der Waals surface area contributed by atoms with E-state index in [1.165, 1.54) is 18.4 Å². The molecule has 1 aromatic heterocycles. The molecule has 0 amide bonds. The molecule has 0 saturated heterocycles. The molecule has 2 N–H and O–H groups in total. The minimum atomic E-state index is -4.39. The van der Waals surface area contributed by atoms with Gasteiger partial charge in [0.15, 0.2) is 11.7 Å². The van der Waals surface area contributed by atoms with Crippen LogP contribution in [0.3, 0.4) is 0 Å². The summed E-state index contributed by atoms with van der Waals surface area (Å²) in [6.07, 6.45) is 3.73. The van der Waals surface area contributed by atoms with Gasteiger partial charge in [-0.1, -0.05) is 11.6 Å². The lowest BCUT2D eigenvalue weighted by Crippen LogP contribution is -2.37. The Labute approximate surface area is 137 Å². The highest BCUT2D eigenvalue weighted by Crippen LogP contribution is 2.29. The van der Waals surface area contributed by atoms with E-state index >= 15 is 0 Å². The third kappa shape index (κ3) is 5.85. The molecule has 0 spiro atoms.